The quantitative estimate of drug-likeness (QED) is 0.176. The number of anilines is 2. The molecule has 0 bridgehead atoms. The van der Waals surface area contributed by atoms with Gasteiger partial charge in [-0.1, -0.05) is 177 Å². The second kappa shape index (κ2) is 12.4. The molecule has 8 aromatic carbocycles. The Kier molecular flexibility index (Phi) is 7.33. The zero-order valence-electron chi connectivity index (χ0n) is 38.4. The summed E-state index contributed by atoms with van der Waals surface area (Å²) >= 11 is 0. The molecule has 0 fully saturated rings. The van der Waals surface area contributed by atoms with Crippen molar-refractivity contribution in [3.8, 4) is 50.2 Å². The van der Waals surface area contributed by atoms with Gasteiger partial charge >= 0.3 is 0 Å². The Hall–Kier alpha value is -6.58. The highest BCUT2D eigenvalue weighted by Gasteiger charge is 2.41. The minimum atomic E-state index is -0.137. The van der Waals surface area contributed by atoms with Crippen LogP contribution >= 0.6 is 0 Å². The van der Waals surface area contributed by atoms with Crippen LogP contribution in [0.3, 0.4) is 0 Å². The molecule has 0 saturated heterocycles. The molecule has 0 amide bonds. The van der Waals surface area contributed by atoms with Gasteiger partial charge in [-0.2, -0.15) is 0 Å². The molecule has 3 aliphatic carbocycles. The van der Waals surface area contributed by atoms with E-state index in [1.54, 1.807) is 0 Å². The Labute approximate surface area is 378 Å². The zero-order valence-corrected chi connectivity index (χ0v) is 38.4. The second-order valence-electron chi connectivity index (χ2n) is 21.6. The topological polar surface area (TPSA) is 17.0 Å². The van der Waals surface area contributed by atoms with Crippen LogP contribution in [0.1, 0.15) is 101 Å². The van der Waals surface area contributed by atoms with E-state index in [0.29, 0.717) is 0 Å². The normalized spacial score (nSPS) is 16.1. The van der Waals surface area contributed by atoms with Crippen molar-refractivity contribution in [1.29, 1.82) is 0 Å². The third-order valence-electron chi connectivity index (χ3n) is 16.0. The van der Waals surface area contributed by atoms with Crippen LogP contribution in [0.15, 0.2) is 146 Å². The molecule has 1 radical (unpaired) electrons. The molecule has 0 saturated carbocycles. The first-order valence-electron chi connectivity index (χ1n) is 23.2. The van der Waals surface area contributed by atoms with Crippen molar-refractivity contribution in [3.63, 3.8) is 0 Å². The number of benzene rings is 8. The molecule has 0 unspecified atom stereocenters. The largest absolute Gasteiger partial charge is 0.355 e. The van der Waals surface area contributed by atoms with Crippen LogP contribution in [0.2, 0.25) is 0 Å². The standard InChI is InChI=1S/C61H52BN2/c1-58(2,3)34-22-24-35(25-23-34)63-51-33-49-41(36-16-10-13-19-44(36)61(49,8)9)30-43(51)38-26-27-40-55-52(29-28-47-54(55)39-18-12-15-21-46(39)59(47,4)5)64-53-31-42-37-17-11-14-20-45(37)60(6,7)48(42)32-50(53)62-56(38)57(40)64/h10-33,63H,1-9H3. The summed E-state index contributed by atoms with van der Waals surface area (Å²) in [6.45, 7) is 21.2. The van der Waals surface area contributed by atoms with Crippen molar-refractivity contribution in [2.75, 3.05) is 5.32 Å². The van der Waals surface area contributed by atoms with E-state index in [-0.39, 0.29) is 21.7 Å². The third-order valence-corrected chi connectivity index (χ3v) is 16.0. The summed E-state index contributed by atoms with van der Waals surface area (Å²) in [5.74, 6) is 0. The molecule has 1 aromatic heterocycles. The summed E-state index contributed by atoms with van der Waals surface area (Å²) in [5, 5.41) is 6.67. The maximum atomic E-state index is 4.01. The Morgan fingerprint density at radius 3 is 1.72 bits per heavy atom. The average molecular weight is 824 g/mol. The Bertz CT molecular complexity index is 3550. The highest BCUT2D eigenvalue weighted by atomic mass is 15.0. The molecule has 4 aliphatic rings. The molecular weight excluding hydrogens is 771 g/mol. The third kappa shape index (κ3) is 4.83. The van der Waals surface area contributed by atoms with E-state index in [1.165, 1.54) is 122 Å². The number of rotatable bonds is 3. The highest BCUT2D eigenvalue weighted by molar-refractivity contribution is 6.73. The molecular formula is C61H52BN2. The van der Waals surface area contributed by atoms with Gasteiger partial charge in [-0.05, 0) is 125 Å². The lowest BCUT2D eigenvalue weighted by Gasteiger charge is -2.27. The monoisotopic (exact) mass is 823 g/mol. The van der Waals surface area contributed by atoms with Gasteiger partial charge in [0.1, 0.15) is 0 Å². The minimum absolute atomic E-state index is 0.0752. The van der Waals surface area contributed by atoms with Gasteiger partial charge in [0.05, 0.1) is 5.52 Å². The summed E-state index contributed by atoms with van der Waals surface area (Å²) in [7, 11) is 2.52. The van der Waals surface area contributed by atoms with Crippen molar-refractivity contribution in [2.45, 2.75) is 84.0 Å². The second-order valence-corrected chi connectivity index (χ2v) is 21.6. The van der Waals surface area contributed by atoms with E-state index in [2.05, 4.69) is 225 Å². The van der Waals surface area contributed by atoms with Gasteiger partial charge in [-0.3, -0.25) is 0 Å². The van der Waals surface area contributed by atoms with Gasteiger partial charge in [0.15, 0.2) is 7.28 Å². The fourth-order valence-electron chi connectivity index (χ4n) is 12.5. The first-order valence-corrected chi connectivity index (χ1v) is 23.2. The molecule has 2 heterocycles. The van der Waals surface area contributed by atoms with E-state index in [1.807, 2.05) is 0 Å². The van der Waals surface area contributed by atoms with Crippen LogP contribution in [-0.2, 0) is 21.7 Å². The molecule has 2 nitrogen and oxygen atoms in total. The van der Waals surface area contributed by atoms with Crippen molar-refractivity contribution < 1.29 is 0 Å². The van der Waals surface area contributed by atoms with Gasteiger partial charge in [0, 0.05) is 55.2 Å². The zero-order chi connectivity index (χ0) is 43.8. The fraction of sp³-hybridized carbons (Fsp3) is 0.213. The summed E-state index contributed by atoms with van der Waals surface area (Å²) in [4.78, 5) is 0. The molecule has 64 heavy (non-hydrogen) atoms. The summed E-state index contributed by atoms with van der Waals surface area (Å²) in [5.41, 5.74) is 28.5. The van der Waals surface area contributed by atoms with E-state index < -0.39 is 0 Å². The van der Waals surface area contributed by atoms with Crippen LogP contribution in [0.25, 0.3) is 72.0 Å². The lowest BCUT2D eigenvalue weighted by molar-refractivity contribution is 0.590. The maximum Gasteiger partial charge on any atom is 0.197 e. The Morgan fingerprint density at radius 1 is 0.484 bits per heavy atom. The number of hydrogen-bond donors (Lipinski definition) is 1. The summed E-state index contributed by atoms with van der Waals surface area (Å²) in [6, 6.07) is 56.0. The van der Waals surface area contributed by atoms with Gasteiger partial charge in [0.2, 0.25) is 0 Å². The molecule has 9 aromatic rings. The number of aromatic nitrogens is 1. The summed E-state index contributed by atoms with van der Waals surface area (Å²) < 4.78 is 2.63. The molecule has 13 rings (SSSR count). The number of nitrogens with one attached hydrogen (secondary N) is 1. The van der Waals surface area contributed by atoms with Crippen LogP contribution in [0, 0.1) is 0 Å². The maximum absolute atomic E-state index is 4.01. The van der Waals surface area contributed by atoms with Gasteiger partial charge in [-0.15, -0.1) is 0 Å². The van der Waals surface area contributed by atoms with Crippen molar-refractivity contribution >= 4 is 51.4 Å². The smallest absolute Gasteiger partial charge is 0.197 e. The van der Waals surface area contributed by atoms with Gasteiger partial charge in [0.25, 0.3) is 0 Å². The SMILES string of the molecule is CC(C)(C)c1ccc(Nc2cc3c(cc2-c2ccc4c5c6c(ccc5n5c4c2[B]c2cc4c(cc2-5)-c2ccccc2C4(C)C)C(C)(C)c2ccccc2-6)-c2ccccc2C3(C)C)cc1. The average Bonchev–Trinajstić information content (AvgIpc) is 3.90. The predicted molar refractivity (Wildman–Crippen MR) is 272 cm³/mol. The molecule has 1 N–H and O–H groups in total. The Morgan fingerprint density at radius 2 is 1.06 bits per heavy atom. The van der Waals surface area contributed by atoms with Crippen LogP contribution in [-0.4, -0.2) is 11.8 Å². The molecule has 1 aliphatic heterocycles. The lowest BCUT2D eigenvalue weighted by Crippen LogP contribution is -2.38. The van der Waals surface area contributed by atoms with E-state index in [0.717, 1.165) is 11.4 Å². The van der Waals surface area contributed by atoms with E-state index >= 15 is 0 Å². The van der Waals surface area contributed by atoms with Gasteiger partial charge < -0.3 is 9.88 Å². The van der Waals surface area contributed by atoms with Crippen molar-refractivity contribution in [3.05, 3.63) is 185 Å². The van der Waals surface area contributed by atoms with E-state index in [4.69, 9.17) is 0 Å². The molecule has 0 atom stereocenters. The predicted octanol–water partition coefficient (Wildman–Crippen LogP) is 14.4. The van der Waals surface area contributed by atoms with Crippen LogP contribution in [0.5, 0.6) is 0 Å². The minimum Gasteiger partial charge on any atom is -0.355 e. The molecule has 309 valence electrons. The Balaban J connectivity index is 1.12. The number of fused-ring (bicyclic) bond motifs is 15. The van der Waals surface area contributed by atoms with E-state index in [9.17, 15) is 0 Å². The van der Waals surface area contributed by atoms with Gasteiger partial charge in [-0.25, -0.2) is 0 Å². The van der Waals surface area contributed by atoms with Crippen LogP contribution in [0.4, 0.5) is 11.4 Å². The van der Waals surface area contributed by atoms with Crippen molar-refractivity contribution in [1.82, 2.24) is 4.57 Å². The summed E-state index contributed by atoms with van der Waals surface area (Å²) in [6.07, 6.45) is 0. The first kappa shape index (κ1) is 37.9. The highest BCUT2D eigenvalue weighted by Crippen LogP contribution is 2.56. The first-order chi connectivity index (χ1) is 30.6. The van der Waals surface area contributed by atoms with Crippen LogP contribution < -0.4 is 16.2 Å². The molecule has 3 heteroatoms. The fourth-order valence-corrected chi connectivity index (χ4v) is 12.5. The molecule has 0 spiro atoms. The lowest BCUT2D eigenvalue weighted by atomic mass is 9.58. The van der Waals surface area contributed by atoms with Crippen molar-refractivity contribution in [2.24, 2.45) is 0 Å². The number of hydrogen-bond acceptors (Lipinski definition) is 1. The number of nitrogens with zero attached hydrogens (tertiary/aromatic N) is 1.